The SMILES string of the molecule is C[C@@H]1C[C@H](CO)CN1c1ccc(C#N)c2ccccc12. The summed E-state index contributed by atoms with van der Waals surface area (Å²) in [6.07, 6.45) is 1.02. The van der Waals surface area contributed by atoms with Gasteiger partial charge in [0.25, 0.3) is 0 Å². The molecule has 0 amide bonds. The van der Waals surface area contributed by atoms with Crippen molar-refractivity contribution in [2.45, 2.75) is 19.4 Å². The quantitative estimate of drug-likeness (QED) is 0.909. The van der Waals surface area contributed by atoms with Crippen molar-refractivity contribution < 1.29 is 5.11 Å². The van der Waals surface area contributed by atoms with Gasteiger partial charge in [0.05, 0.1) is 11.6 Å². The van der Waals surface area contributed by atoms with Crippen LogP contribution in [0.1, 0.15) is 18.9 Å². The predicted octanol–water partition coefficient (Wildman–Crippen LogP) is 2.92. The van der Waals surface area contributed by atoms with Crippen molar-refractivity contribution >= 4 is 16.5 Å². The van der Waals surface area contributed by atoms with E-state index in [4.69, 9.17) is 0 Å². The van der Waals surface area contributed by atoms with Crippen molar-refractivity contribution in [3.63, 3.8) is 0 Å². The van der Waals surface area contributed by atoms with Crippen molar-refractivity contribution in [1.82, 2.24) is 0 Å². The Morgan fingerprint density at radius 1 is 1.25 bits per heavy atom. The highest BCUT2D eigenvalue weighted by Crippen LogP contribution is 2.35. The molecule has 2 aromatic carbocycles. The van der Waals surface area contributed by atoms with Gasteiger partial charge in [-0.05, 0) is 25.5 Å². The molecule has 1 aliphatic rings. The third-order valence-corrected chi connectivity index (χ3v) is 4.25. The second kappa shape index (κ2) is 5.15. The normalized spacial score (nSPS) is 22.1. The topological polar surface area (TPSA) is 47.3 Å². The maximum absolute atomic E-state index is 9.37. The second-order valence-electron chi connectivity index (χ2n) is 5.58. The van der Waals surface area contributed by atoms with E-state index in [2.05, 4.69) is 24.0 Å². The van der Waals surface area contributed by atoms with Gasteiger partial charge in [-0.2, -0.15) is 5.26 Å². The predicted molar refractivity (Wildman–Crippen MR) is 80.7 cm³/mol. The van der Waals surface area contributed by atoms with Gasteiger partial charge in [0.2, 0.25) is 0 Å². The average molecular weight is 266 g/mol. The minimum Gasteiger partial charge on any atom is -0.396 e. The van der Waals surface area contributed by atoms with Crippen LogP contribution in [0.15, 0.2) is 36.4 Å². The standard InChI is InChI=1S/C17H18N2O/c1-12-8-13(11-20)10-19(12)17-7-6-14(9-18)15-4-2-3-5-16(15)17/h2-7,12-13,20H,8,10-11H2,1H3/t12-,13+/m1/s1. The highest BCUT2D eigenvalue weighted by atomic mass is 16.3. The van der Waals surface area contributed by atoms with Crippen LogP contribution in [0.5, 0.6) is 0 Å². The molecule has 2 aromatic rings. The van der Waals surface area contributed by atoms with Gasteiger partial charge < -0.3 is 10.0 Å². The van der Waals surface area contributed by atoms with Crippen LogP contribution in [0.2, 0.25) is 0 Å². The van der Waals surface area contributed by atoms with Gasteiger partial charge in [-0.1, -0.05) is 24.3 Å². The number of nitrogens with zero attached hydrogens (tertiary/aromatic N) is 2. The molecule has 3 heteroatoms. The van der Waals surface area contributed by atoms with Crippen LogP contribution in [0, 0.1) is 17.2 Å². The smallest absolute Gasteiger partial charge is 0.0998 e. The molecule has 0 aliphatic carbocycles. The number of aliphatic hydroxyl groups excluding tert-OH is 1. The van der Waals surface area contributed by atoms with E-state index in [9.17, 15) is 10.4 Å². The van der Waals surface area contributed by atoms with Crippen LogP contribution in [0.3, 0.4) is 0 Å². The maximum atomic E-state index is 9.37. The van der Waals surface area contributed by atoms with Crippen molar-refractivity contribution in [3.05, 3.63) is 42.0 Å². The first-order chi connectivity index (χ1) is 9.74. The summed E-state index contributed by atoms with van der Waals surface area (Å²) < 4.78 is 0. The van der Waals surface area contributed by atoms with Crippen molar-refractivity contribution in [2.24, 2.45) is 5.92 Å². The Bertz CT molecular complexity index is 674. The number of rotatable bonds is 2. The lowest BCUT2D eigenvalue weighted by molar-refractivity contribution is 0.236. The monoisotopic (exact) mass is 266 g/mol. The van der Waals surface area contributed by atoms with E-state index in [1.165, 1.54) is 5.69 Å². The molecule has 3 rings (SSSR count). The van der Waals surface area contributed by atoms with E-state index < -0.39 is 0 Å². The molecule has 1 saturated heterocycles. The fraction of sp³-hybridized carbons (Fsp3) is 0.353. The zero-order chi connectivity index (χ0) is 14.1. The highest BCUT2D eigenvalue weighted by molar-refractivity contribution is 5.98. The van der Waals surface area contributed by atoms with Crippen molar-refractivity contribution in [3.8, 4) is 6.07 Å². The molecule has 0 radical (unpaired) electrons. The first-order valence-electron chi connectivity index (χ1n) is 7.04. The van der Waals surface area contributed by atoms with Gasteiger partial charge in [-0.25, -0.2) is 0 Å². The Balaban J connectivity index is 2.12. The van der Waals surface area contributed by atoms with Crippen LogP contribution in [0.4, 0.5) is 5.69 Å². The summed E-state index contributed by atoms with van der Waals surface area (Å²) in [5.74, 6) is 0.347. The first kappa shape index (κ1) is 13.0. The molecule has 0 bridgehead atoms. The number of benzene rings is 2. The van der Waals surface area contributed by atoms with Crippen molar-refractivity contribution in [2.75, 3.05) is 18.1 Å². The summed E-state index contributed by atoms with van der Waals surface area (Å²) in [6, 6.07) is 14.7. The van der Waals surface area contributed by atoms with Crippen molar-refractivity contribution in [1.29, 1.82) is 5.26 Å². The van der Waals surface area contributed by atoms with Crippen LogP contribution < -0.4 is 4.90 Å². The Kier molecular flexibility index (Phi) is 3.33. The molecule has 1 N–H and O–H groups in total. The lowest BCUT2D eigenvalue weighted by Gasteiger charge is -2.25. The average Bonchev–Trinajstić information content (AvgIpc) is 2.87. The largest absolute Gasteiger partial charge is 0.396 e. The van der Waals surface area contributed by atoms with E-state index in [-0.39, 0.29) is 6.61 Å². The maximum Gasteiger partial charge on any atom is 0.0998 e. The molecule has 2 atom stereocenters. The van der Waals surface area contributed by atoms with Crippen LogP contribution in [-0.4, -0.2) is 24.3 Å². The summed E-state index contributed by atoms with van der Waals surface area (Å²) in [6.45, 7) is 3.32. The highest BCUT2D eigenvalue weighted by Gasteiger charge is 2.29. The third-order valence-electron chi connectivity index (χ3n) is 4.25. The molecule has 102 valence electrons. The molecular weight excluding hydrogens is 248 g/mol. The Hall–Kier alpha value is -2.05. The summed E-state index contributed by atoms with van der Waals surface area (Å²) in [5, 5.41) is 20.7. The summed E-state index contributed by atoms with van der Waals surface area (Å²) in [7, 11) is 0. The zero-order valence-electron chi connectivity index (χ0n) is 11.6. The van der Waals surface area contributed by atoms with Crippen LogP contribution in [-0.2, 0) is 0 Å². The molecule has 0 aromatic heterocycles. The number of aliphatic hydroxyl groups is 1. The molecule has 20 heavy (non-hydrogen) atoms. The number of hydrogen-bond acceptors (Lipinski definition) is 3. The zero-order valence-corrected chi connectivity index (χ0v) is 11.6. The molecular formula is C17H18N2O. The Labute approximate surface area is 119 Å². The fourth-order valence-corrected chi connectivity index (χ4v) is 3.24. The van der Waals surface area contributed by atoms with Gasteiger partial charge in [-0.3, -0.25) is 0 Å². The lowest BCUT2D eigenvalue weighted by atomic mass is 10.0. The summed E-state index contributed by atoms with van der Waals surface area (Å²) >= 11 is 0. The molecule has 0 spiro atoms. The van der Waals surface area contributed by atoms with E-state index in [0.29, 0.717) is 12.0 Å². The fourth-order valence-electron chi connectivity index (χ4n) is 3.24. The number of hydrogen-bond donors (Lipinski definition) is 1. The van der Waals surface area contributed by atoms with E-state index >= 15 is 0 Å². The number of nitriles is 1. The summed E-state index contributed by atoms with van der Waals surface area (Å²) in [5.41, 5.74) is 1.89. The molecule has 1 aliphatic heterocycles. The van der Waals surface area contributed by atoms with E-state index in [1.807, 2.05) is 30.3 Å². The van der Waals surface area contributed by atoms with Gasteiger partial charge in [-0.15, -0.1) is 0 Å². The number of anilines is 1. The van der Waals surface area contributed by atoms with E-state index in [1.54, 1.807) is 0 Å². The minimum atomic E-state index is 0.245. The Morgan fingerprint density at radius 2 is 2.00 bits per heavy atom. The molecule has 1 heterocycles. The van der Waals surface area contributed by atoms with Crippen LogP contribution >= 0.6 is 0 Å². The molecule has 0 saturated carbocycles. The van der Waals surface area contributed by atoms with Gasteiger partial charge in [0, 0.05) is 41.6 Å². The number of fused-ring (bicyclic) bond motifs is 1. The van der Waals surface area contributed by atoms with Gasteiger partial charge in [0.15, 0.2) is 0 Å². The molecule has 0 unspecified atom stereocenters. The minimum absolute atomic E-state index is 0.245. The molecule has 3 nitrogen and oxygen atoms in total. The third kappa shape index (κ3) is 2.03. The van der Waals surface area contributed by atoms with Crippen LogP contribution in [0.25, 0.3) is 10.8 Å². The second-order valence-corrected chi connectivity index (χ2v) is 5.58. The van der Waals surface area contributed by atoms with Gasteiger partial charge >= 0.3 is 0 Å². The Morgan fingerprint density at radius 3 is 2.65 bits per heavy atom. The summed E-state index contributed by atoms with van der Waals surface area (Å²) in [4.78, 5) is 2.35. The van der Waals surface area contributed by atoms with Gasteiger partial charge in [0.1, 0.15) is 0 Å². The lowest BCUT2D eigenvalue weighted by Crippen LogP contribution is -2.27. The van der Waals surface area contributed by atoms with E-state index in [0.717, 1.165) is 29.3 Å². The first-order valence-corrected chi connectivity index (χ1v) is 7.04. The molecule has 1 fully saturated rings.